The van der Waals surface area contributed by atoms with Gasteiger partial charge in [0.05, 0.1) is 31.3 Å². The van der Waals surface area contributed by atoms with Gasteiger partial charge in [-0.25, -0.2) is 4.79 Å². The lowest BCUT2D eigenvalue weighted by molar-refractivity contribution is -0.121. The molecule has 1 aliphatic rings. The third-order valence-corrected chi connectivity index (χ3v) is 2.70. The quantitative estimate of drug-likeness (QED) is 0.797. The first kappa shape index (κ1) is 12.1. The van der Waals surface area contributed by atoms with Crippen molar-refractivity contribution < 1.29 is 24.2 Å². The number of carboxylic acids is 1. The fourth-order valence-electron chi connectivity index (χ4n) is 1.84. The Bertz CT molecular complexity index is 537. The number of hydrogen-bond donors (Lipinski definition) is 1. The Morgan fingerprint density at radius 1 is 1.39 bits per heavy atom. The molecule has 0 radical (unpaired) electrons. The fraction of sp³-hybridized carbons (Fsp3) is 0.250. The summed E-state index contributed by atoms with van der Waals surface area (Å²) in [6.07, 6.45) is -0.152. The SMILES string of the molecule is COc1ccc(C(=O)O)cc1N1CC(=O)CC1=O. The molecule has 6 heteroatoms. The van der Waals surface area contributed by atoms with E-state index >= 15 is 0 Å². The molecular weight excluding hydrogens is 238 g/mol. The summed E-state index contributed by atoms with van der Waals surface area (Å²) in [4.78, 5) is 35.0. The molecule has 0 spiro atoms. The molecule has 1 aromatic rings. The highest BCUT2D eigenvalue weighted by molar-refractivity contribution is 6.15. The van der Waals surface area contributed by atoms with Crippen LogP contribution in [-0.4, -0.2) is 36.4 Å². The average Bonchev–Trinajstić information content (AvgIpc) is 2.67. The molecule has 2 rings (SSSR count). The molecule has 1 amide bonds. The molecule has 1 aliphatic heterocycles. The van der Waals surface area contributed by atoms with Crippen LogP contribution in [0.25, 0.3) is 0 Å². The molecule has 18 heavy (non-hydrogen) atoms. The van der Waals surface area contributed by atoms with Crippen LogP contribution in [0, 0.1) is 0 Å². The van der Waals surface area contributed by atoms with Gasteiger partial charge in [0.1, 0.15) is 5.75 Å². The number of amides is 1. The average molecular weight is 249 g/mol. The molecule has 1 saturated heterocycles. The number of ketones is 1. The third kappa shape index (κ3) is 2.04. The molecule has 0 aliphatic carbocycles. The summed E-state index contributed by atoms with van der Waals surface area (Å²) in [6.45, 7) is -0.0434. The number of Topliss-reactive ketones (excluding diaryl/α,β-unsaturated/α-hetero) is 1. The van der Waals surface area contributed by atoms with Gasteiger partial charge in [-0.05, 0) is 18.2 Å². The van der Waals surface area contributed by atoms with E-state index in [1.807, 2.05) is 0 Å². The van der Waals surface area contributed by atoms with E-state index in [2.05, 4.69) is 0 Å². The molecular formula is C12H11NO5. The Morgan fingerprint density at radius 2 is 2.11 bits per heavy atom. The second-order valence-electron chi connectivity index (χ2n) is 3.89. The van der Waals surface area contributed by atoms with Gasteiger partial charge in [-0.3, -0.25) is 9.59 Å². The molecule has 1 heterocycles. The highest BCUT2D eigenvalue weighted by Gasteiger charge is 2.30. The van der Waals surface area contributed by atoms with Crippen molar-refractivity contribution in [3.8, 4) is 5.75 Å². The number of carbonyl (C=O) groups excluding carboxylic acids is 2. The van der Waals surface area contributed by atoms with Gasteiger partial charge in [0.2, 0.25) is 5.91 Å². The van der Waals surface area contributed by atoms with Crippen molar-refractivity contribution in [1.82, 2.24) is 0 Å². The summed E-state index contributed by atoms with van der Waals surface area (Å²) in [5, 5.41) is 8.92. The van der Waals surface area contributed by atoms with E-state index in [9.17, 15) is 14.4 Å². The number of hydrogen-bond acceptors (Lipinski definition) is 4. The number of benzene rings is 1. The Balaban J connectivity index is 2.47. The van der Waals surface area contributed by atoms with Crippen LogP contribution in [0.15, 0.2) is 18.2 Å². The summed E-state index contributed by atoms with van der Waals surface area (Å²) in [6, 6.07) is 4.18. The monoisotopic (exact) mass is 249 g/mol. The topological polar surface area (TPSA) is 83.9 Å². The van der Waals surface area contributed by atoms with Crippen molar-refractivity contribution in [2.45, 2.75) is 6.42 Å². The minimum Gasteiger partial charge on any atom is -0.495 e. The first-order valence-corrected chi connectivity index (χ1v) is 5.26. The molecule has 0 atom stereocenters. The number of methoxy groups -OCH3 is 1. The van der Waals surface area contributed by atoms with E-state index in [0.29, 0.717) is 11.4 Å². The highest BCUT2D eigenvalue weighted by atomic mass is 16.5. The minimum absolute atomic E-state index is 0.0398. The van der Waals surface area contributed by atoms with Gasteiger partial charge in [0, 0.05) is 0 Å². The highest BCUT2D eigenvalue weighted by Crippen LogP contribution is 2.31. The summed E-state index contributed by atoms with van der Waals surface area (Å²) in [5.74, 6) is -1.27. The Hall–Kier alpha value is -2.37. The smallest absolute Gasteiger partial charge is 0.335 e. The van der Waals surface area contributed by atoms with E-state index < -0.39 is 5.97 Å². The van der Waals surface area contributed by atoms with E-state index in [-0.39, 0.29) is 30.2 Å². The number of carbonyl (C=O) groups is 3. The van der Waals surface area contributed by atoms with Crippen LogP contribution in [-0.2, 0) is 9.59 Å². The van der Waals surface area contributed by atoms with Gasteiger partial charge in [-0.1, -0.05) is 0 Å². The summed E-state index contributed by atoms with van der Waals surface area (Å²) in [7, 11) is 1.42. The first-order chi connectivity index (χ1) is 8.52. The van der Waals surface area contributed by atoms with Gasteiger partial charge in [-0.15, -0.1) is 0 Å². The maximum Gasteiger partial charge on any atom is 0.335 e. The molecule has 0 aromatic heterocycles. The van der Waals surface area contributed by atoms with E-state index in [0.717, 1.165) is 0 Å². The van der Waals surface area contributed by atoms with Gasteiger partial charge < -0.3 is 14.7 Å². The van der Waals surface area contributed by atoms with Crippen molar-refractivity contribution >= 4 is 23.3 Å². The third-order valence-electron chi connectivity index (χ3n) is 2.70. The molecule has 0 bridgehead atoms. The number of anilines is 1. The van der Waals surface area contributed by atoms with Crippen LogP contribution in [0.1, 0.15) is 16.8 Å². The Labute approximate surface area is 103 Å². The predicted octanol–water partition coefficient (Wildman–Crippen LogP) is 0.699. The zero-order valence-electron chi connectivity index (χ0n) is 9.67. The second kappa shape index (κ2) is 4.48. The van der Waals surface area contributed by atoms with Gasteiger partial charge >= 0.3 is 5.97 Å². The maximum atomic E-state index is 11.6. The normalized spacial score (nSPS) is 15.1. The summed E-state index contributed by atoms with van der Waals surface area (Å²) in [5.41, 5.74) is 0.353. The van der Waals surface area contributed by atoms with Crippen LogP contribution in [0.2, 0.25) is 0 Å². The lowest BCUT2D eigenvalue weighted by atomic mass is 10.1. The predicted molar refractivity (Wildman–Crippen MR) is 61.9 cm³/mol. The van der Waals surface area contributed by atoms with Crippen LogP contribution >= 0.6 is 0 Å². The molecule has 94 valence electrons. The van der Waals surface area contributed by atoms with E-state index in [4.69, 9.17) is 9.84 Å². The molecule has 1 fully saturated rings. The first-order valence-electron chi connectivity index (χ1n) is 5.26. The fourth-order valence-corrected chi connectivity index (χ4v) is 1.84. The molecule has 1 aromatic carbocycles. The van der Waals surface area contributed by atoms with Crippen molar-refractivity contribution in [3.63, 3.8) is 0 Å². The van der Waals surface area contributed by atoms with Crippen molar-refractivity contribution in [1.29, 1.82) is 0 Å². The van der Waals surface area contributed by atoms with Gasteiger partial charge in [0.25, 0.3) is 0 Å². The number of ether oxygens (including phenoxy) is 1. The largest absolute Gasteiger partial charge is 0.495 e. The summed E-state index contributed by atoms with van der Waals surface area (Å²) >= 11 is 0. The van der Waals surface area contributed by atoms with Gasteiger partial charge in [0.15, 0.2) is 5.78 Å². The number of rotatable bonds is 3. The van der Waals surface area contributed by atoms with Crippen molar-refractivity contribution in [2.24, 2.45) is 0 Å². The zero-order valence-corrected chi connectivity index (χ0v) is 9.67. The van der Waals surface area contributed by atoms with E-state index in [1.54, 1.807) is 0 Å². The second-order valence-corrected chi connectivity index (χ2v) is 3.89. The molecule has 1 N–H and O–H groups in total. The number of aromatic carboxylic acids is 1. The zero-order chi connectivity index (χ0) is 13.3. The summed E-state index contributed by atoms with van der Waals surface area (Å²) < 4.78 is 5.08. The molecule has 0 saturated carbocycles. The van der Waals surface area contributed by atoms with Crippen LogP contribution in [0.4, 0.5) is 5.69 Å². The van der Waals surface area contributed by atoms with Crippen LogP contribution in [0.5, 0.6) is 5.75 Å². The van der Waals surface area contributed by atoms with Crippen LogP contribution < -0.4 is 9.64 Å². The molecule has 0 unspecified atom stereocenters. The van der Waals surface area contributed by atoms with Gasteiger partial charge in [-0.2, -0.15) is 0 Å². The Morgan fingerprint density at radius 3 is 2.61 bits per heavy atom. The maximum absolute atomic E-state index is 11.6. The van der Waals surface area contributed by atoms with E-state index in [1.165, 1.54) is 30.2 Å². The lowest BCUT2D eigenvalue weighted by Crippen LogP contribution is -2.25. The number of carboxylic acid groups (broad SMARTS) is 1. The minimum atomic E-state index is -1.10. The van der Waals surface area contributed by atoms with Crippen molar-refractivity contribution in [3.05, 3.63) is 23.8 Å². The lowest BCUT2D eigenvalue weighted by Gasteiger charge is -2.18. The Kier molecular flexibility index (Phi) is 3.01. The van der Waals surface area contributed by atoms with Crippen LogP contribution in [0.3, 0.4) is 0 Å². The number of nitrogens with zero attached hydrogens (tertiary/aromatic N) is 1. The molecule has 6 nitrogen and oxygen atoms in total. The standard InChI is InChI=1S/C12H11NO5/c1-18-10-3-2-7(12(16)17)4-9(10)13-6-8(14)5-11(13)15/h2-4H,5-6H2,1H3,(H,16,17). The van der Waals surface area contributed by atoms with Crippen molar-refractivity contribution in [2.75, 3.05) is 18.6 Å².